The Morgan fingerprint density at radius 1 is 1.12 bits per heavy atom. The molecule has 25 heavy (non-hydrogen) atoms. The number of ether oxygens (including phenoxy) is 2. The summed E-state index contributed by atoms with van der Waals surface area (Å²) in [4.78, 5) is 19.5. The van der Waals surface area contributed by atoms with Crippen molar-refractivity contribution >= 4 is 0 Å². The van der Waals surface area contributed by atoms with E-state index in [1.165, 1.54) is 44.4 Å². The maximum absolute atomic E-state index is 11.1. The SMILES string of the molecule is O=c1cc(-c2cnc(OC3CC(OCC4CCCCC4)C3)cn2)o[nH]1. The third-order valence-electron chi connectivity index (χ3n) is 5.04. The lowest BCUT2D eigenvalue weighted by Crippen LogP contribution is -2.40. The minimum Gasteiger partial charge on any atom is -0.473 e. The van der Waals surface area contributed by atoms with Crippen LogP contribution in [-0.4, -0.2) is 33.9 Å². The summed E-state index contributed by atoms with van der Waals surface area (Å²) in [7, 11) is 0. The Kier molecular flexibility index (Phi) is 4.83. The molecule has 2 saturated carbocycles. The van der Waals surface area contributed by atoms with Crippen molar-refractivity contribution in [3.63, 3.8) is 0 Å². The minimum absolute atomic E-state index is 0.140. The van der Waals surface area contributed by atoms with E-state index < -0.39 is 0 Å². The van der Waals surface area contributed by atoms with Crippen LogP contribution in [0.2, 0.25) is 0 Å². The number of H-pyrrole nitrogens is 1. The molecular formula is C18H23N3O4. The van der Waals surface area contributed by atoms with Gasteiger partial charge in [-0.2, -0.15) is 5.16 Å². The molecule has 2 aromatic heterocycles. The van der Waals surface area contributed by atoms with E-state index in [4.69, 9.17) is 14.0 Å². The molecule has 2 aliphatic rings. The molecule has 0 aromatic carbocycles. The first kappa shape index (κ1) is 16.3. The first-order valence-corrected chi connectivity index (χ1v) is 9.05. The van der Waals surface area contributed by atoms with Gasteiger partial charge in [0, 0.05) is 19.4 Å². The predicted octanol–water partition coefficient (Wildman–Crippen LogP) is 2.93. The highest BCUT2D eigenvalue weighted by molar-refractivity contribution is 5.49. The molecule has 2 aromatic rings. The molecule has 2 fully saturated rings. The van der Waals surface area contributed by atoms with Crippen LogP contribution in [0.3, 0.4) is 0 Å². The fourth-order valence-corrected chi connectivity index (χ4v) is 3.46. The molecule has 4 rings (SSSR count). The monoisotopic (exact) mass is 345 g/mol. The summed E-state index contributed by atoms with van der Waals surface area (Å²) < 4.78 is 16.8. The minimum atomic E-state index is -0.300. The van der Waals surface area contributed by atoms with Crippen molar-refractivity contribution in [3.8, 4) is 17.3 Å². The van der Waals surface area contributed by atoms with Gasteiger partial charge in [-0.15, -0.1) is 0 Å². The molecule has 0 spiro atoms. The van der Waals surface area contributed by atoms with Gasteiger partial charge in [-0.3, -0.25) is 4.79 Å². The van der Waals surface area contributed by atoms with Crippen molar-refractivity contribution in [2.75, 3.05) is 6.61 Å². The van der Waals surface area contributed by atoms with Gasteiger partial charge in [-0.05, 0) is 18.8 Å². The van der Waals surface area contributed by atoms with Gasteiger partial charge < -0.3 is 14.0 Å². The smallest absolute Gasteiger partial charge is 0.280 e. The quantitative estimate of drug-likeness (QED) is 0.866. The Labute approximate surface area is 145 Å². The highest BCUT2D eigenvalue weighted by Crippen LogP contribution is 2.30. The Morgan fingerprint density at radius 2 is 1.96 bits per heavy atom. The van der Waals surface area contributed by atoms with Crippen LogP contribution in [0.4, 0.5) is 0 Å². The second kappa shape index (κ2) is 7.39. The van der Waals surface area contributed by atoms with E-state index in [2.05, 4.69) is 15.1 Å². The molecular weight excluding hydrogens is 322 g/mol. The topological polar surface area (TPSA) is 90.2 Å². The summed E-state index contributed by atoms with van der Waals surface area (Å²) in [6, 6.07) is 1.34. The van der Waals surface area contributed by atoms with E-state index in [0.29, 0.717) is 23.4 Å². The van der Waals surface area contributed by atoms with Crippen LogP contribution in [0, 0.1) is 5.92 Å². The second-order valence-electron chi connectivity index (χ2n) is 6.99. The van der Waals surface area contributed by atoms with Crippen molar-refractivity contribution in [2.24, 2.45) is 5.92 Å². The third kappa shape index (κ3) is 4.10. The summed E-state index contributed by atoms with van der Waals surface area (Å²) >= 11 is 0. The number of nitrogens with zero attached hydrogens (tertiary/aromatic N) is 2. The highest BCUT2D eigenvalue weighted by atomic mass is 16.5. The van der Waals surface area contributed by atoms with Gasteiger partial charge >= 0.3 is 0 Å². The molecule has 0 aliphatic heterocycles. The number of nitrogens with one attached hydrogen (secondary N) is 1. The number of hydrogen-bond donors (Lipinski definition) is 1. The second-order valence-corrected chi connectivity index (χ2v) is 6.99. The standard InChI is InChI=1S/C18H23N3O4/c22-17-8-16(25-21-17)15-9-20-18(10-19-15)24-14-6-13(7-14)23-11-12-4-2-1-3-5-12/h8-10,12-14H,1-7,11H2,(H,21,22). The summed E-state index contributed by atoms with van der Waals surface area (Å²) in [5, 5.41) is 2.23. The fourth-order valence-electron chi connectivity index (χ4n) is 3.46. The molecule has 0 amide bonds. The van der Waals surface area contributed by atoms with E-state index in [1.54, 1.807) is 6.20 Å². The number of hydrogen-bond acceptors (Lipinski definition) is 6. The van der Waals surface area contributed by atoms with E-state index >= 15 is 0 Å². The molecule has 2 heterocycles. The number of aromatic amines is 1. The molecule has 0 saturated heterocycles. The van der Waals surface area contributed by atoms with Gasteiger partial charge in [-0.1, -0.05) is 19.3 Å². The molecule has 134 valence electrons. The van der Waals surface area contributed by atoms with Gasteiger partial charge in [0.2, 0.25) is 5.88 Å². The number of rotatable bonds is 6. The Balaban J connectivity index is 1.21. The first-order chi connectivity index (χ1) is 12.3. The molecule has 0 unspecified atom stereocenters. The molecule has 2 aliphatic carbocycles. The lowest BCUT2D eigenvalue weighted by Gasteiger charge is -2.36. The summed E-state index contributed by atoms with van der Waals surface area (Å²) in [5.74, 6) is 1.60. The van der Waals surface area contributed by atoms with Crippen molar-refractivity contribution in [1.29, 1.82) is 0 Å². The zero-order valence-electron chi connectivity index (χ0n) is 14.1. The Bertz CT molecular complexity index is 727. The van der Waals surface area contributed by atoms with Crippen LogP contribution < -0.4 is 10.3 Å². The molecule has 7 heteroatoms. The van der Waals surface area contributed by atoms with Crippen molar-refractivity contribution in [3.05, 3.63) is 28.8 Å². The predicted molar refractivity (Wildman–Crippen MR) is 90.3 cm³/mol. The zero-order chi connectivity index (χ0) is 17.1. The van der Waals surface area contributed by atoms with Crippen LogP contribution in [0.5, 0.6) is 5.88 Å². The summed E-state index contributed by atoms with van der Waals surface area (Å²) in [5.41, 5.74) is 0.193. The molecule has 1 N–H and O–H groups in total. The van der Waals surface area contributed by atoms with Gasteiger partial charge in [-0.25, -0.2) is 9.97 Å². The molecule has 0 radical (unpaired) electrons. The van der Waals surface area contributed by atoms with E-state index in [-0.39, 0.29) is 11.7 Å². The maximum atomic E-state index is 11.1. The van der Waals surface area contributed by atoms with E-state index in [9.17, 15) is 4.79 Å². The summed E-state index contributed by atoms with van der Waals surface area (Å²) in [6.07, 6.45) is 12.1. The van der Waals surface area contributed by atoms with E-state index in [0.717, 1.165) is 25.4 Å². The Morgan fingerprint density at radius 3 is 2.64 bits per heavy atom. The van der Waals surface area contributed by atoms with Crippen LogP contribution >= 0.6 is 0 Å². The van der Waals surface area contributed by atoms with Gasteiger partial charge in [0.1, 0.15) is 11.8 Å². The fraction of sp³-hybridized carbons (Fsp3) is 0.611. The van der Waals surface area contributed by atoms with Gasteiger partial charge in [0.05, 0.1) is 24.6 Å². The highest BCUT2D eigenvalue weighted by Gasteiger charge is 2.32. The van der Waals surface area contributed by atoms with Crippen LogP contribution in [0.25, 0.3) is 11.5 Å². The van der Waals surface area contributed by atoms with Crippen molar-refractivity contribution < 1.29 is 14.0 Å². The van der Waals surface area contributed by atoms with Gasteiger partial charge in [0.15, 0.2) is 5.76 Å². The van der Waals surface area contributed by atoms with Crippen molar-refractivity contribution in [2.45, 2.75) is 57.2 Å². The summed E-state index contributed by atoms with van der Waals surface area (Å²) in [6.45, 7) is 0.897. The first-order valence-electron chi connectivity index (χ1n) is 9.05. The molecule has 0 atom stereocenters. The Hall–Kier alpha value is -2.15. The lowest BCUT2D eigenvalue weighted by molar-refractivity contribution is -0.0750. The van der Waals surface area contributed by atoms with Crippen molar-refractivity contribution in [1.82, 2.24) is 15.1 Å². The number of aromatic nitrogens is 3. The molecule has 7 nitrogen and oxygen atoms in total. The van der Waals surface area contributed by atoms with Crippen LogP contribution in [0.15, 0.2) is 27.8 Å². The lowest BCUT2D eigenvalue weighted by atomic mass is 9.89. The van der Waals surface area contributed by atoms with E-state index in [1.807, 2.05) is 0 Å². The van der Waals surface area contributed by atoms with Crippen LogP contribution in [0.1, 0.15) is 44.9 Å². The third-order valence-corrected chi connectivity index (χ3v) is 5.04. The maximum Gasteiger partial charge on any atom is 0.280 e. The van der Waals surface area contributed by atoms with Gasteiger partial charge in [0.25, 0.3) is 5.56 Å². The normalized spacial score (nSPS) is 24.0. The average molecular weight is 345 g/mol. The average Bonchev–Trinajstić information content (AvgIpc) is 3.05. The van der Waals surface area contributed by atoms with Crippen LogP contribution in [-0.2, 0) is 4.74 Å². The zero-order valence-corrected chi connectivity index (χ0v) is 14.1. The molecule has 0 bridgehead atoms. The largest absolute Gasteiger partial charge is 0.473 e.